The van der Waals surface area contributed by atoms with Crippen LogP contribution in [0.3, 0.4) is 0 Å². The lowest BCUT2D eigenvalue weighted by molar-refractivity contribution is 0.0938. The fourth-order valence-electron chi connectivity index (χ4n) is 3.19. The fourth-order valence-corrected chi connectivity index (χ4v) is 3.19. The van der Waals surface area contributed by atoms with Gasteiger partial charge in [0.25, 0.3) is 5.91 Å². The molecule has 2 aromatic heterocycles. The number of carbonyl (C=O) groups excluding carboxylic acids is 1. The summed E-state index contributed by atoms with van der Waals surface area (Å²) < 4.78 is 1.79. The smallest absolute Gasteiger partial charge is 0.252 e. The molecule has 130 valence electrons. The third kappa shape index (κ3) is 3.45. The molecular formula is C19H28N4O. The van der Waals surface area contributed by atoms with E-state index in [-0.39, 0.29) is 11.9 Å². The lowest BCUT2D eigenvalue weighted by atomic mass is 10.0. The molecule has 0 saturated heterocycles. The predicted octanol–water partition coefficient (Wildman–Crippen LogP) is 3.71. The van der Waals surface area contributed by atoms with Crippen LogP contribution in [0.4, 0.5) is 0 Å². The number of pyridine rings is 1. The normalized spacial score (nSPS) is 15.9. The first kappa shape index (κ1) is 16.9. The van der Waals surface area contributed by atoms with Gasteiger partial charge in [0.1, 0.15) is 0 Å². The van der Waals surface area contributed by atoms with E-state index in [2.05, 4.69) is 31.2 Å². The molecule has 0 radical (unpaired) electrons. The van der Waals surface area contributed by atoms with E-state index in [0.29, 0.717) is 11.8 Å². The Labute approximate surface area is 143 Å². The summed E-state index contributed by atoms with van der Waals surface area (Å²) in [5, 5.41) is 8.51. The van der Waals surface area contributed by atoms with Gasteiger partial charge in [-0.3, -0.25) is 9.48 Å². The van der Waals surface area contributed by atoms with Crippen LogP contribution in [0.5, 0.6) is 0 Å². The Morgan fingerprint density at radius 3 is 2.67 bits per heavy atom. The second kappa shape index (κ2) is 6.54. The van der Waals surface area contributed by atoms with E-state index in [1.807, 2.05) is 20.0 Å². The standard InChI is InChI=1S/C19H28N4O/c1-11(2)6-7-12(3)20-19(24)15-10-16(14-8-9-14)21-18-17(15)13(4)22-23(18)5/h10-12,14H,6-9H2,1-5H3,(H,20,24)/t12-/m1/s1. The van der Waals surface area contributed by atoms with Gasteiger partial charge in [-0.15, -0.1) is 0 Å². The SMILES string of the molecule is Cc1nn(C)c2nc(C3CC3)cc(C(=O)N[C@H](C)CCC(C)C)c12. The Hall–Kier alpha value is -1.91. The first-order chi connectivity index (χ1) is 11.4. The van der Waals surface area contributed by atoms with Crippen LogP contribution in [-0.4, -0.2) is 26.7 Å². The monoisotopic (exact) mass is 328 g/mol. The van der Waals surface area contributed by atoms with Gasteiger partial charge < -0.3 is 5.32 Å². The molecule has 3 rings (SSSR count). The average molecular weight is 328 g/mol. The molecular weight excluding hydrogens is 300 g/mol. The largest absolute Gasteiger partial charge is 0.350 e. The third-order valence-corrected chi connectivity index (χ3v) is 4.78. The highest BCUT2D eigenvalue weighted by atomic mass is 16.1. The summed E-state index contributed by atoms with van der Waals surface area (Å²) in [5.74, 6) is 1.16. The van der Waals surface area contributed by atoms with Gasteiger partial charge >= 0.3 is 0 Å². The first-order valence-electron chi connectivity index (χ1n) is 9.02. The van der Waals surface area contributed by atoms with Gasteiger partial charge in [-0.2, -0.15) is 5.10 Å². The molecule has 5 heteroatoms. The second-order valence-electron chi connectivity index (χ2n) is 7.62. The van der Waals surface area contributed by atoms with Crippen LogP contribution in [0.1, 0.15) is 74.1 Å². The minimum atomic E-state index is -0.00310. The summed E-state index contributed by atoms with van der Waals surface area (Å²) >= 11 is 0. The molecule has 0 aromatic carbocycles. The van der Waals surface area contributed by atoms with E-state index in [1.54, 1.807) is 4.68 Å². The van der Waals surface area contributed by atoms with Crippen molar-refractivity contribution < 1.29 is 4.79 Å². The lowest BCUT2D eigenvalue weighted by Gasteiger charge is -2.16. The molecule has 1 N–H and O–H groups in total. The lowest BCUT2D eigenvalue weighted by Crippen LogP contribution is -2.33. The van der Waals surface area contributed by atoms with E-state index in [1.165, 1.54) is 12.8 Å². The van der Waals surface area contributed by atoms with Gasteiger partial charge in [0.15, 0.2) is 5.65 Å². The molecule has 0 bridgehead atoms. The van der Waals surface area contributed by atoms with Gasteiger partial charge in [-0.1, -0.05) is 13.8 Å². The number of hydrogen-bond donors (Lipinski definition) is 1. The number of aromatic nitrogens is 3. The van der Waals surface area contributed by atoms with E-state index < -0.39 is 0 Å². The number of amides is 1. The maximum Gasteiger partial charge on any atom is 0.252 e. The Balaban J connectivity index is 1.90. The molecule has 1 amide bonds. The summed E-state index contributed by atoms with van der Waals surface area (Å²) in [6, 6.07) is 2.16. The number of carbonyl (C=O) groups is 1. The molecule has 24 heavy (non-hydrogen) atoms. The zero-order chi connectivity index (χ0) is 17.4. The molecule has 1 fully saturated rings. The van der Waals surface area contributed by atoms with E-state index in [9.17, 15) is 4.79 Å². The summed E-state index contributed by atoms with van der Waals surface area (Å²) in [6.45, 7) is 8.44. The number of fused-ring (bicyclic) bond motifs is 1. The Kier molecular flexibility index (Phi) is 4.61. The summed E-state index contributed by atoms with van der Waals surface area (Å²) in [7, 11) is 1.89. The Morgan fingerprint density at radius 1 is 1.33 bits per heavy atom. The quantitative estimate of drug-likeness (QED) is 0.879. The molecule has 1 aliphatic rings. The van der Waals surface area contributed by atoms with Crippen molar-refractivity contribution in [2.75, 3.05) is 0 Å². The highest BCUT2D eigenvalue weighted by Crippen LogP contribution is 2.40. The van der Waals surface area contributed by atoms with E-state index >= 15 is 0 Å². The van der Waals surface area contributed by atoms with Crippen molar-refractivity contribution in [1.82, 2.24) is 20.1 Å². The summed E-state index contributed by atoms with van der Waals surface area (Å²) in [6.07, 6.45) is 4.45. The van der Waals surface area contributed by atoms with Gasteiger partial charge in [-0.25, -0.2) is 4.98 Å². The minimum absolute atomic E-state index is 0.00310. The number of nitrogens with one attached hydrogen (secondary N) is 1. The van der Waals surface area contributed by atoms with Crippen molar-refractivity contribution in [1.29, 1.82) is 0 Å². The molecule has 0 spiro atoms. The Morgan fingerprint density at radius 2 is 2.04 bits per heavy atom. The van der Waals surface area contributed by atoms with Crippen LogP contribution in [0.25, 0.3) is 11.0 Å². The molecule has 5 nitrogen and oxygen atoms in total. The van der Waals surface area contributed by atoms with Crippen molar-refractivity contribution in [3.05, 3.63) is 23.0 Å². The van der Waals surface area contributed by atoms with Gasteiger partial charge in [0, 0.05) is 24.7 Å². The van der Waals surface area contributed by atoms with Crippen LogP contribution in [0, 0.1) is 12.8 Å². The van der Waals surface area contributed by atoms with E-state index in [0.717, 1.165) is 40.8 Å². The van der Waals surface area contributed by atoms with Crippen LogP contribution in [0.15, 0.2) is 6.07 Å². The predicted molar refractivity (Wildman–Crippen MR) is 96.2 cm³/mol. The van der Waals surface area contributed by atoms with Crippen molar-refractivity contribution in [3.63, 3.8) is 0 Å². The number of aryl methyl sites for hydroxylation is 2. The van der Waals surface area contributed by atoms with Crippen molar-refractivity contribution in [2.45, 2.75) is 65.3 Å². The number of nitrogens with zero attached hydrogens (tertiary/aromatic N) is 3. The fraction of sp³-hybridized carbons (Fsp3) is 0.632. The minimum Gasteiger partial charge on any atom is -0.350 e. The zero-order valence-corrected chi connectivity index (χ0v) is 15.4. The summed E-state index contributed by atoms with van der Waals surface area (Å²) in [5.41, 5.74) is 3.44. The molecule has 2 heterocycles. The summed E-state index contributed by atoms with van der Waals surface area (Å²) in [4.78, 5) is 17.7. The molecule has 1 aliphatic carbocycles. The highest BCUT2D eigenvalue weighted by Gasteiger charge is 2.28. The molecule has 1 saturated carbocycles. The molecule has 0 unspecified atom stereocenters. The van der Waals surface area contributed by atoms with E-state index in [4.69, 9.17) is 4.98 Å². The number of rotatable bonds is 6. The third-order valence-electron chi connectivity index (χ3n) is 4.78. The van der Waals surface area contributed by atoms with Crippen molar-refractivity contribution in [3.8, 4) is 0 Å². The zero-order valence-electron chi connectivity index (χ0n) is 15.4. The van der Waals surface area contributed by atoms with Gasteiger partial charge in [-0.05, 0) is 51.5 Å². The molecule has 0 aliphatic heterocycles. The average Bonchev–Trinajstić information content (AvgIpc) is 3.32. The maximum absolute atomic E-state index is 12.9. The first-order valence-corrected chi connectivity index (χ1v) is 9.02. The van der Waals surface area contributed by atoms with Crippen LogP contribution < -0.4 is 5.32 Å². The topological polar surface area (TPSA) is 59.8 Å². The van der Waals surface area contributed by atoms with Crippen LogP contribution in [-0.2, 0) is 7.05 Å². The van der Waals surface area contributed by atoms with Gasteiger partial charge in [0.2, 0.25) is 0 Å². The molecule has 1 atom stereocenters. The van der Waals surface area contributed by atoms with Crippen LogP contribution >= 0.6 is 0 Å². The number of hydrogen-bond acceptors (Lipinski definition) is 3. The van der Waals surface area contributed by atoms with Crippen molar-refractivity contribution in [2.24, 2.45) is 13.0 Å². The highest BCUT2D eigenvalue weighted by molar-refractivity contribution is 6.06. The van der Waals surface area contributed by atoms with Crippen molar-refractivity contribution >= 4 is 16.9 Å². The van der Waals surface area contributed by atoms with Gasteiger partial charge in [0.05, 0.1) is 16.6 Å². The molecule has 2 aromatic rings. The second-order valence-corrected chi connectivity index (χ2v) is 7.62. The van der Waals surface area contributed by atoms with Crippen LogP contribution in [0.2, 0.25) is 0 Å². The Bertz CT molecular complexity index is 758. The maximum atomic E-state index is 12.9.